The molecule has 20 heavy (non-hydrogen) atoms. The first-order valence-corrected chi connectivity index (χ1v) is 5.46. The van der Waals surface area contributed by atoms with Crippen LogP contribution in [0.5, 0.6) is 11.8 Å². The van der Waals surface area contributed by atoms with Gasteiger partial charge in [0.25, 0.3) is 5.95 Å². The molecule has 2 rings (SSSR count). The predicted molar refractivity (Wildman–Crippen MR) is 62.0 cm³/mol. The van der Waals surface area contributed by atoms with Gasteiger partial charge >= 0.3 is 6.18 Å². The molecular weight excluding hydrogens is 277 g/mol. The molecule has 0 aliphatic rings. The molecule has 2 aromatic heterocycles. The van der Waals surface area contributed by atoms with Crippen molar-refractivity contribution in [1.29, 1.82) is 0 Å². The van der Waals surface area contributed by atoms with E-state index in [0.717, 1.165) is 14.2 Å². The molecule has 0 aliphatic heterocycles. The lowest BCUT2D eigenvalue weighted by molar-refractivity contribution is -0.140. The fraction of sp³-hybridized carbons (Fsp3) is 0.364. The van der Waals surface area contributed by atoms with E-state index in [1.54, 1.807) is 13.0 Å². The smallest absolute Gasteiger partial charge is 0.426 e. The topological polar surface area (TPSA) is 62.1 Å². The summed E-state index contributed by atoms with van der Waals surface area (Å²) in [5.74, 6) is -1.31. The van der Waals surface area contributed by atoms with Crippen LogP contribution in [0.2, 0.25) is 0 Å². The Morgan fingerprint density at radius 2 is 1.65 bits per heavy atom. The molecule has 0 N–H and O–H groups in total. The van der Waals surface area contributed by atoms with Gasteiger partial charge in [-0.05, 0) is 13.0 Å². The number of ether oxygens (including phenoxy) is 2. The summed E-state index contributed by atoms with van der Waals surface area (Å²) in [4.78, 5) is 7.43. The first-order chi connectivity index (χ1) is 9.36. The van der Waals surface area contributed by atoms with Gasteiger partial charge in [-0.25, -0.2) is 4.68 Å². The molecule has 0 amide bonds. The van der Waals surface area contributed by atoms with E-state index in [-0.39, 0.29) is 5.95 Å². The van der Waals surface area contributed by atoms with Gasteiger partial charge in [-0.3, -0.25) is 0 Å². The average Bonchev–Trinajstić information content (AvgIpc) is 2.82. The number of alkyl halides is 3. The van der Waals surface area contributed by atoms with Gasteiger partial charge in [0.15, 0.2) is 5.56 Å². The van der Waals surface area contributed by atoms with Gasteiger partial charge in [-0.15, -0.1) is 0 Å². The summed E-state index contributed by atoms with van der Waals surface area (Å²) in [6, 6.07) is 1.67. The molecule has 108 valence electrons. The lowest BCUT2D eigenvalue weighted by Crippen LogP contribution is -2.15. The minimum absolute atomic E-state index is 0.0696. The van der Waals surface area contributed by atoms with Gasteiger partial charge in [0, 0.05) is 6.20 Å². The standard InChI is InChI=1S/C11H11F3N4O2/c1-6-4-5-18(17-6)10-15-8(19-2)7(11(12,13)14)9(16-10)20-3/h4-5H,1-3H3. The summed E-state index contributed by atoms with van der Waals surface area (Å²) in [6.07, 6.45) is -3.16. The van der Waals surface area contributed by atoms with Crippen molar-refractivity contribution in [3.8, 4) is 17.7 Å². The van der Waals surface area contributed by atoms with Crippen molar-refractivity contribution in [3.63, 3.8) is 0 Å². The molecule has 0 spiro atoms. The van der Waals surface area contributed by atoms with Gasteiger partial charge in [0.1, 0.15) is 0 Å². The van der Waals surface area contributed by atoms with Gasteiger partial charge in [0.05, 0.1) is 19.9 Å². The van der Waals surface area contributed by atoms with E-state index in [0.29, 0.717) is 5.69 Å². The van der Waals surface area contributed by atoms with Crippen molar-refractivity contribution >= 4 is 0 Å². The summed E-state index contributed by atoms with van der Waals surface area (Å²) in [7, 11) is 2.18. The van der Waals surface area contributed by atoms with E-state index in [9.17, 15) is 13.2 Å². The number of aromatic nitrogens is 4. The summed E-state index contributed by atoms with van der Waals surface area (Å²) in [5, 5.41) is 4.02. The Hall–Kier alpha value is -2.32. The fourth-order valence-electron chi connectivity index (χ4n) is 1.58. The van der Waals surface area contributed by atoms with Crippen LogP contribution in [0, 0.1) is 6.92 Å². The van der Waals surface area contributed by atoms with Crippen LogP contribution < -0.4 is 9.47 Å². The molecule has 9 heteroatoms. The highest BCUT2D eigenvalue weighted by Gasteiger charge is 2.41. The monoisotopic (exact) mass is 288 g/mol. The first-order valence-electron chi connectivity index (χ1n) is 5.46. The van der Waals surface area contributed by atoms with Gasteiger partial charge in [-0.1, -0.05) is 0 Å². The maximum Gasteiger partial charge on any atom is 0.426 e. The van der Waals surface area contributed by atoms with Gasteiger partial charge < -0.3 is 9.47 Å². The SMILES string of the molecule is COc1nc(-n2ccc(C)n2)nc(OC)c1C(F)(F)F. The minimum atomic E-state index is -4.69. The average molecular weight is 288 g/mol. The normalized spacial score (nSPS) is 11.5. The van der Waals surface area contributed by atoms with Gasteiger partial charge in [0.2, 0.25) is 11.8 Å². The third kappa shape index (κ3) is 2.51. The highest BCUT2D eigenvalue weighted by molar-refractivity contribution is 5.40. The predicted octanol–water partition coefficient (Wildman–Crippen LogP) is 2.01. The summed E-state index contributed by atoms with van der Waals surface area (Å²) < 4.78 is 49.5. The maximum atomic E-state index is 13.0. The van der Waals surface area contributed by atoms with Crippen molar-refractivity contribution in [1.82, 2.24) is 19.7 Å². The zero-order valence-corrected chi connectivity index (χ0v) is 10.9. The van der Waals surface area contributed by atoms with Crippen LogP contribution in [0.25, 0.3) is 5.95 Å². The minimum Gasteiger partial charge on any atom is -0.480 e. The molecule has 2 heterocycles. The van der Waals surface area contributed by atoms with E-state index in [2.05, 4.69) is 15.1 Å². The first kappa shape index (κ1) is 14.1. The van der Waals surface area contributed by atoms with E-state index in [1.165, 1.54) is 10.9 Å². The lowest BCUT2D eigenvalue weighted by Gasteiger charge is -2.14. The Morgan fingerprint density at radius 3 is 2.00 bits per heavy atom. The second-order valence-electron chi connectivity index (χ2n) is 3.82. The highest BCUT2D eigenvalue weighted by atomic mass is 19.4. The quantitative estimate of drug-likeness (QED) is 0.864. The molecule has 0 saturated carbocycles. The number of nitrogens with zero attached hydrogens (tertiary/aromatic N) is 4. The van der Waals surface area contributed by atoms with E-state index < -0.39 is 23.5 Å². The Labute approximate surface area is 112 Å². The molecule has 0 radical (unpaired) electrons. The van der Waals surface area contributed by atoms with Crippen LogP contribution in [0.4, 0.5) is 13.2 Å². The Kier molecular flexibility index (Phi) is 3.51. The summed E-state index contributed by atoms with van der Waals surface area (Å²) in [6.45, 7) is 1.73. The van der Waals surface area contributed by atoms with Gasteiger partial charge in [-0.2, -0.15) is 28.2 Å². The third-order valence-electron chi connectivity index (χ3n) is 2.43. The second kappa shape index (κ2) is 4.99. The fourth-order valence-corrected chi connectivity index (χ4v) is 1.58. The molecule has 0 aromatic carbocycles. The largest absolute Gasteiger partial charge is 0.480 e. The van der Waals surface area contributed by atoms with Crippen LogP contribution in [-0.2, 0) is 6.18 Å². The Bertz CT molecular complexity index is 599. The zero-order valence-electron chi connectivity index (χ0n) is 10.9. The number of hydrogen-bond acceptors (Lipinski definition) is 5. The van der Waals surface area contributed by atoms with Crippen LogP contribution in [0.15, 0.2) is 12.3 Å². The molecule has 0 atom stereocenters. The van der Waals surface area contributed by atoms with E-state index in [4.69, 9.17) is 9.47 Å². The van der Waals surface area contributed by atoms with Crippen LogP contribution in [-0.4, -0.2) is 34.0 Å². The summed E-state index contributed by atoms with van der Waals surface area (Å²) >= 11 is 0. The van der Waals surface area contributed by atoms with Crippen molar-refractivity contribution in [3.05, 3.63) is 23.5 Å². The number of aryl methyl sites for hydroxylation is 1. The van der Waals surface area contributed by atoms with Crippen LogP contribution in [0.3, 0.4) is 0 Å². The van der Waals surface area contributed by atoms with Crippen LogP contribution >= 0.6 is 0 Å². The van der Waals surface area contributed by atoms with Crippen molar-refractivity contribution in [2.45, 2.75) is 13.1 Å². The molecule has 0 unspecified atom stereocenters. The molecule has 2 aromatic rings. The maximum absolute atomic E-state index is 13.0. The zero-order chi connectivity index (χ0) is 14.9. The molecular formula is C11H11F3N4O2. The third-order valence-corrected chi connectivity index (χ3v) is 2.43. The van der Waals surface area contributed by atoms with Crippen molar-refractivity contribution in [2.24, 2.45) is 0 Å². The van der Waals surface area contributed by atoms with E-state index in [1.807, 2.05) is 0 Å². The Morgan fingerprint density at radius 1 is 1.10 bits per heavy atom. The number of rotatable bonds is 3. The molecule has 0 bridgehead atoms. The number of halogens is 3. The number of hydrogen-bond donors (Lipinski definition) is 0. The Balaban J connectivity index is 2.64. The summed E-state index contributed by atoms with van der Waals surface area (Å²) in [5.41, 5.74) is -0.485. The van der Waals surface area contributed by atoms with E-state index >= 15 is 0 Å². The number of methoxy groups -OCH3 is 2. The highest BCUT2D eigenvalue weighted by Crippen LogP contribution is 2.40. The second-order valence-corrected chi connectivity index (χ2v) is 3.82. The molecule has 0 saturated heterocycles. The molecule has 0 fully saturated rings. The molecule has 6 nitrogen and oxygen atoms in total. The van der Waals surface area contributed by atoms with Crippen molar-refractivity contribution in [2.75, 3.05) is 14.2 Å². The lowest BCUT2D eigenvalue weighted by atomic mass is 10.3. The molecule has 0 aliphatic carbocycles. The van der Waals surface area contributed by atoms with Crippen molar-refractivity contribution < 1.29 is 22.6 Å². The van der Waals surface area contributed by atoms with Crippen LogP contribution in [0.1, 0.15) is 11.3 Å².